The van der Waals surface area contributed by atoms with Crippen molar-refractivity contribution in [2.75, 3.05) is 0 Å². The summed E-state index contributed by atoms with van der Waals surface area (Å²) in [6, 6.07) is 1.49. The zero-order chi connectivity index (χ0) is 19.8. The number of benzene rings is 1. The van der Waals surface area contributed by atoms with E-state index in [2.05, 4.69) is 5.10 Å². The van der Waals surface area contributed by atoms with Gasteiger partial charge < -0.3 is 4.42 Å². The minimum absolute atomic E-state index is 0.140. The lowest BCUT2D eigenvalue weighted by Crippen LogP contribution is -2.58. The fourth-order valence-corrected chi connectivity index (χ4v) is 2.08. The van der Waals surface area contributed by atoms with Crippen LogP contribution in [0.1, 0.15) is 5.76 Å². The largest absolute Gasteiger partial charge is 0.462 e. The predicted octanol–water partition coefficient (Wildman–Crippen LogP) is 5.97. The molecule has 0 spiro atoms. The van der Waals surface area contributed by atoms with E-state index in [0.717, 1.165) is 0 Å². The van der Waals surface area contributed by atoms with Gasteiger partial charge in [-0.3, -0.25) is 0 Å². The molecule has 1 heterocycles. The van der Waals surface area contributed by atoms with Crippen LogP contribution in [0, 0.1) is 0 Å². The van der Waals surface area contributed by atoms with Crippen molar-refractivity contribution in [3.8, 4) is 11.3 Å². The molecule has 142 valence electrons. The highest BCUT2D eigenvalue weighted by Crippen LogP contribution is 2.45. The standard InChI is InChI=1S/C14H7Cl2F7N2O/c15-9-3-1-2-8(11(9)16)10-5-4-7(26-10)6-24-25-14(22,23)12(17,18)13(19,20)21/h1-6,25H/b24-6-. The van der Waals surface area contributed by atoms with Crippen LogP contribution < -0.4 is 5.43 Å². The van der Waals surface area contributed by atoms with Crippen molar-refractivity contribution in [3.05, 3.63) is 46.1 Å². The van der Waals surface area contributed by atoms with Crippen LogP contribution >= 0.6 is 23.2 Å². The van der Waals surface area contributed by atoms with Gasteiger partial charge in [-0.2, -0.15) is 35.8 Å². The highest BCUT2D eigenvalue weighted by molar-refractivity contribution is 6.43. The number of alkyl halides is 7. The van der Waals surface area contributed by atoms with Gasteiger partial charge in [-0.25, -0.2) is 5.43 Å². The van der Waals surface area contributed by atoms with E-state index >= 15 is 0 Å². The van der Waals surface area contributed by atoms with Gasteiger partial charge in [0.2, 0.25) is 0 Å². The van der Waals surface area contributed by atoms with Gasteiger partial charge in [-0.1, -0.05) is 29.3 Å². The van der Waals surface area contributed by atoms with Crippen molar-refractivity contribution >= 4 is 29.4 Å². The molecule has 26 heavy (non-hydrogen) atoms. The van der Waals surface area contributed by atoms with E-state index in [1.165, 1.54) is 24.3 Å². The second kappa shape index (κ2) is 6.99. The summed E-state index contributed by atoms with van der Waals surface area (Å²) >= 11 is 11.8. The summed E-state index contributed by atoms with van der Waals surface area (Å²) in [6.07, 6.45) is -5.96. The van der Waals surface area contributed by atoms with Crippen LogP contribution in [0.4, 0.5) is 30.7 Å². The first-order chi connectivity index (χ1) is 11.9. The van der Waals surface area contributed by atoms with Crippen molar-refractivity contribution in [2.45, 2.75) is 18.1 Å². The number of nitrogens with zero attached hydrogens (tertiary/aromatic N) is 1. The number of furan rings is 1. The lowest BCUT2D eigenvalue weighted by Gasteiger charge is -2.27. The molecule has 3 nitrogen and oxygen atoms in total. The van der Waals surface area contributed by atoms with E-state index in [-0.39, 0.29) is 21.6 Å². The van der Waals surface area contributed by atoms with Crippen LogP contribution in [-0.2, 0) is 0 Å². The maximum atomic E-state index is 13.0. The lowest BCUT2D eigenvalue weighted by atomic mass is 10.2. The summed E-state index contributed by atoms with van der Waals surface area (Å²) in [5, 5.41) is 3.04. The molecule has 0 bridgehead atoms. The second-order valence-electron chi connectivity index (χ2n) is 4.82. The van der Waals surface area contributed by atoms with E-state index in [1.54, 1.807) is 6.07 Å². The van der Waals surface area contributed by atoms with Crippen LogP contribution in [0.25, 0.3) is 11.3 Å². The molecule has 1 aromatic carbocycles. The van der Waals surface area contributed by atoms with E-state index in [0.29, 0.717) is 17.2 Å². The third-order valence-corrected chi connectivity index (χ3v) is 3.81. The van der Waals surface area contributed by atoms with Gasteiger partial charge in [-0.05, 0) is 24.3 Å². The predicted molar refractivity (Wildman–Crippen MR) is 80.8 cm³/mol. The lowest BCUT2D eigenvalue weighted by molar-refractivity contribution is -0.361. The summed E-state index contributed by atoms with van der Waals surface area (Å²) in [5.74, 6) is -6.39. The van der Waals surface area contributed by atoms with Crippen LogP contribution in [0.3, 0.4) is 0 Å². The molecule has 0 saturated carbocycles. The molecular formula is C14H7Cl2F7N2O. The molecule has 1 aromatic heterocycles. The average Bonchev–Trinajstić information content (AvgIpc) is 2.97. The first kappa shape index (κ1) is 20.4. The molecule has 0 radical (unpaired) electrons. The van der Waals surface area contributed by atoms with E-state index in [9.17, 15) is 30.7 Å². The van der Waals surface area contributed by atoms with Crippen molar-refractivity contribution < 1.29 is 35.2 Å². The van der Waals surface area contributed by atoms with E-state index in [1.807, 2.05) is 0 Å². The Kier molecular flexibility index (Phi) is 5.48. The van der Waals surface area contributed by atoms with Crippen molar-refractivity contribution in [1.82, 2.24) is 5.43 Å². The summed E-state index contributed by atoms with van der Waals surface area (Å²) in [4.78, 5) is 0. The van der Waals surface area contributed by atoms with Crippen molar-refractivity contribution in [3.63, 3.8) is 0 Å². The average molecular weight is 423 g/mol. The second-order valence-corrected chi connectivity index (χ2v) is 5.61. The number of nitrogens with one attached hydrogen (secondary N) is 1. The fourth-order valence-electron chi connectivity index (χ4n) is 1.69. The minimum Gasteiger partial charge on any atom is -0.455 e. The Balaban J connectivity index is 2.16. The summed E-state index contributed by atoms with van der Waals surface area (Å²) < 4.78 is 92.5. The van der Waals surface area contributed by atoms with Gasteiger partial charge in [-0.15, -0.1) is 0 Å². The molecule has 2 aromatic rings. The Morgan fingerprint density at radius 3 is 2.23 bits per heavy atom. The number of hydrogen-bond donors (Lipinski definition) is 1. The molecule has 0 unspecified atom stereocenters. The Labute approximate surface area is 151 Å². The van der Waals surface area contributed by atoms with Crippen LogP contribution in [0.5, 0.6) is 0 Å². The molecule has 0 aliphatic rings. The zero-order valence-corrected chi connectivity index (χ0v) is 13.7. The maximum absolute atomic E-state index is 13.0. The molecule has 0 atom stereocenters. The Morgan fingerprint density at radius 2 is 1.62 bits per heavy atom. The number of halogens is 9. The quantitative estimate of drug-likeness (QED) is 0.279. The molecule has 12 heteroatoms. The summed E-state index contributed by atoms with van der Waals surface area (Å²) in [6.45, 7) is 0. The third kappa shape index (κ3) is 3.90. The molecule has 2 rings (SSSR count). The van der Waals surface area contributed by atoms with E-state index < -0.39 is 18.1 Å². The molecule has 0 amide bonds. The van der Waals surface area contributed by atoms with Crippen molar-refractivity contribution in [1.29, 1.82) is 0 Å². The zero-order valence-electron chi connectivity index (χ0n) is 12.2. The van der Waals surface area contributed by atoms with Crippen LogP contribution in [-0.4, -0.2) is 24.4 Å². The SMILES string of the molecule is FC(F)(F)C(F)(F)C(F)(F)N/N=C\c1ccc(-c2cccc(Cl)c2Cl)o1. The highest BCUT2D eigenvalue weighted by atomic mass is 35.5. The maximum Gasteiger partial charge on any atom is 0.462 e. The molecule has 1 N–H and O–H groups in total. The Morgan fingerprint density at radius 1 is 0.962 bits per heavy atom. The Hall–Kier alpha value is -1.94. The van der Waals surface area contributed by atoms with Gasteiger partial charge in [0.1, 0.15) is 11.5 Å². The number of hydrogen-bond acceptors (Lipinski definition) is 3. The number of rotatable bonds is 5. The Bertz CT molecular complexity index is 818. The fraction of sp³-hybridized carbons (Fsp3) is 0.214. The summed E-state index contributed by atoms with van der Waals surface area (Å²) in [5.41, 5.74) is 0.831. The van der Waals surface area contributed by atoms with Gasteiger partial charge in [0.15, 0.2) is 0 Å². The van der Waals surface area contributed by atoms with Crippen LogP contribution in [0.2, 0.25) is 10.0 Å². The molecule has 0 fully saturated rings. The topological polar surface area (TPSA) is 37.5 Å². The monoisotopic (exact) mass is 422 g/mol. The van der Waals surface area contributed by atoms with E-state index in [4.69, 9.17) is 27.6 Å². The van der Waals surface area contributed by atoms with Gasteiger partial charge in [0, 0.05) is 5.56 Å². The van der Waals surface area contributed by atoms with Crippen LogP contribution in [0.15, 0.2) is 39.9 Å². The smallest absolute Gasteiger partial charge is 0.455 e. The normalized spacial score (nSPS) is 13.4. The molecular weight excluding hydrogens is 416 g/mol. The van der Waals surface area contributed by atoms with Gasteiger partial charge in [0.25, 0.3) is 0 Å². The third-order valence-electron chi connectivity index (χ3n) is 2.99. The van der Waals surface area contributed by atoms with Gasteiger partial charge >= 0.3 is 18.1 Å². The van der Waals surface area contributed by atoms with Crippen molar-refractivity contribution in [2.24, 2.45) is 5.10 Å². The molecule has 0 aliphatic heterocycles. The molecule has 0 saturated heterocycles. The first-order valence-electron chi connectivity index (χ1n) is 6.53. The first-order valence-corrected chi connectivity index (χ1v) is 7.29. The molecule has 0 aliphatic carbocycles. The van der Waals surface area contributed by atoms with Gasteiger partial charge in [0.05, 0.1) is 16.3 Å². The number of hydrazone groups is 1. The summed E-state index contributed by atoms with van der Waals surface area (Å²) in [7, 11) is 0. The highest BCUT2D eigenvalue weighted by Gasteiger charge is 2.73. The minimum atomic E-state index is -6.46.